The molecular weight excluding hydrogens is 326 g/mol. The smallest absolute Gasteiger partial charge is 0.338 e. The van der Waals surface area contributed by atoms with Crippen LogP contribution in [-0.4, -0.2) is 31.8 Å². The molecule has 0 aliphatic heterocycles. The first-order chi connectivity index (χ1) is 11.5. The predicted molar refractivity (Wildman–Crippen MR) is 94.9 cm³/mol. The SMILES string of the molecule is COc1ccc(C)cc1NC(=O)COC(=O)c1ccc(SC)cc1. The highest BCUT2D eigenvalue weighted by atomic mass is 32.2. The molecule has 1 amide bonds. The number of hydrogen-bond acceptors (Lipinski definition) is 5. The molecule has 126 valence electrons. The van der Waals surface area contributed by atoms with E-state index in [1.807, 2.05) is 31.4 Å². The summed E-state index contributed by atoms with van der Waals surface area (Å²) in [7, 11) is 1.53. The van der Waals surface area contributed by atoms with E-state index < -0.39 is 11.9 Å². The fourth-order valence-electron chi connectivity index (χ4n) is 2.05. The highest BCUT2D eigenvalue weighted by Gasteiger charge is 2.12. The number of ether oxygens (including phenoxy) is 2. The third-order valence-electron chi connectivity index (χ3n) is 3.29. The van der Waals surface area contributed by atoms with Crippen molar-refractivity contribution in [3.05, 3.63) is 53.6 Å². The number of anilines is 1. The maximum Gasteiger partial charge on any atom is 0.338 e. The molecule has 6 heteroatoms. The number of hydrogen-bond donors (Lipinski definition) is 1. The Kier molecular flexibility index (Phi) is 6.26. The molecule has 0 saturated heterocycles. The van der Waals surface area contributed by atoms with Crippen LogP contribution in [0.2, 0.25) is 0 Å². The van der Waals surface area contributed by atoms with Gasteiger partial charge in [-0.15, -0.1) is 11.8 Å². The lowest BCUT2D eigenvalue weighted by Gasteiger charge is -2.11. The second kappa shape index (κ2) is 8.40. The Labute approximate surface area is 145 Å². The lowest BCUT2D eigenvalue weighted by molar-refractivity contribution is -0.119. The molecule has 0 spiro atoms. The van der Waals surface area contributed by atoms with Crippen molar-refractivity contribution in [3.8, 4) is 5.75 Å². The maximum atomic E-state index is 12.0. The van der Waals surface area contributed by atoms with Gasteiger partial charge in [0.2, 0.25) is 0 Å². The number of benzene rings is 2. The molecule has 0 unspecified atom stereocenters. The molecule has 0 bridgehead atoms. The van der Waals surface area contributed by atoms with E-state index in [0.29, 0.717) is 17.0 Å². The monoisotopic (exact) mass is 345 g/mol. The minimum atomic E-state index is -0.533. The number of amides is 1. The van der Waals surface area contributed by atoms with E-state index in [1.165, 1.54) is 7.11 Å². The van der Waals surface area contributed by atoms with Crippen molar-refractivity contribution < 1.29 is 19.1 Å². The number of carbonyl (C=O) groups is 2. The van der Waals surface area contributed by atoms with E-state index >= 15 is 0 Å². The van der Waals surface area contributed by atoms with Crippen LogP contribution in [0.25, 0.3) is 0 Å². The average molecular weight is 345 g/mol. The number of carbonyl (C=O) groups excluding carboxylic acids is 2. The van der Waals surface area contributed by atoms with Crippen LogP contribution in [0.15, 0.2) is 47.4 Å². The highest BCUT2D eigenvalue weighted by molar-refractivity contribution is 7.98. The fraction of sp³-hybridized carbons (Fsp3) is 0.222. The van der Waals surface area contributed by atoms with E-state index in [-0.39, 0.29) is 6.61 Å². The Morgan fingerprint density at radius 3 is 2.46 bits per heavy atom. The second-order valence-electron chi connectivity index (χ2n) is 5.06. The molecule has 0 heterocycles. The molecule has 0 radical (unpaired) electrons. The molecule has 1 N–H and O–H groups in total. The topological polar surface area (TPSA) is 64.6 Å². The summed E-state index contributed by atoms with van der Waals surface area (Å²) in [5.41, 5.74) is 1.94. The van der Waals surface area contributed by atoms with Crippen molar-refractivity contribution in [2.24, 2.45) is 0 Å². The van der Waals surface area contributed by atoms with Gasteiger partial charge in [0.25, 0.3) is 5.91 Å². The average Bonchev–Trinajstić information content (AvgIpc) is 2.60. The summed E-state index contributed by atoms with van der Waals surface area (Å²) < 4.78 is 10.2. The van der Waals surface area contributed by atoms with Crippen molar-refractivity contribution in [2.45, 2.75) is 11.8 Å². The zero-order valence-corrected chi connectivity index (χ0v) is 14.6. The molecule has 0 aliphatic rings. The minimum Gasteiger partial charge on any atom is -0.495 e. The van der Waals surface area contributed by atoms with E-state index in [4.69, 9.17) is 9.47 Å². The van der Waals surface area contributed by atoms with Gasteiger partial charge >= 0.3 is 5.97 Å². The molecule has 0 atom stereocenters. The second-order valence-corrected chi connectivity index (χ2v) is 5.94. The van der Waals surface area contributed by atoms with Crippen LogP contribution in [0.1, 0.15) is 15.9 Å². The minimum absolute atomic E-state index is 0.361. The van der Waals surface area contributed by atoms with Gasteiger partial charge in [0.1, 0.15) is 5.75 Å². The zero-order chi connectivity index (χ0) is 17.5. The Morgan fingerprint density at radius 1 is 1.12 bits per heavy atom. The quantitative estimate of drug-likeness (QED) is 0.641. The largest absolute Gasteiger partial charge is 0.495 e. The van der Waals surface area contributed by atoms with Gasteiger partial charge in [-0.2, -0.15) is 0 Å². The van der Waals surface area contributed by atoms with Crippen LogP contribution in [0.4, 0.5) is 5.69 Å². The molecule has 0 saturated carbocycles. The van der Waals surface area contributed by atoms with Crippen molar-refractivity contribution in [1.82, 2.24) is 0 Å². The Hall–Kier alpha value is -2.47. The number of nitrogens with one attached hydrogen (secondary N) is 1. The van der Waals surface area contributed by atoms with Gasteiger partial charge in [0.15, 0.2) is 6.61 Å². The van der Waals surface area contributed by atoms with Gasteiger partial charge in [-0.25, -0.2) is 4.79 Å². The predicted octanol–water partition coefficient (Wildman–Crippen LogP) is 3.52. The Morgan fingerprint density at radius 2 is 1.83 bits per heavy atom. The van der Waals surface area contributed by atoms with Gasteiger partial charge in [0.05, 0.1) is 18.4 Å². The van der Waals surface area contributed by atoms with Crippen LogP contribution in [0.5, 0.6) is 5.75 Å². The number of thioether (sulfide) groups is 1. The third kappa shape index (κ3) is 4.76. The molecule has 2 rings (SSSR count). The maximum absolute atomic E-state index is 12.0. The summed E-state index contributed by atoms with van der Waals surface area (Å²) in [4.78, 5) is 25.0. The first-order valence-electron chi connectivity index (χ1n) is 7.29. The van der Waals surface area contributed by atoms with Crippen LogP contribution in [0.3, 0.4) is 0 Å². The number of methoxy groups -OCH3 is 1. The van der Waals surface area contributed by atoms with Crippen molar-refractivity contribution in [2.75, 3.05) is 25.3 Å². The molecule has 0 aromatic heterocycles. The Balaban J connectivity index is 1.93. The number of esters is 1. The summed E-state index contributed by atoms with van der Waals surface area (Å²) >= 11 is 1.59. The van der Waals surface area contributed by atoms with Crippen molar-refractivity contribution in [1.29, 1.82) is 0 Å². The molecule has 24 heavy (non-hydrogen) atoms. The van der Waals surface area contributed by atoms with Crippen LogP contribution >= 0.6 is 11.8 Å². The van der Waals surface area contributed by atoms with Gasteiger partial charge in [-0.3, -0.25) is 4.79 Å². The number of aryl methyl sites for hydroxylation is 1. The van der Waals surface area contributed by atoms with Gasteiger partial charge in [-0.05, 0) is 55.1 Å². The number of rotatable bonds is 6. The van der Waals surface area contributed by atoms with Gasteiger partial charge < -0.3 is 14.8 Å². The first kappa shape index (κ1) is 17.9. The van der Waals surface area contributed by atoms with Gasteiger partial charge in [0, 0.05) is 4.90 Å². The van der Waals surface area contributed by atoms with Crippen molar-refractivity contribution in [3.63, 3.8) is 0 Å². The van der Waals surface area contributed by atoms with E-state index in [2.05, 4.69) is 5.32 Å². The van der Waals surface area contributed by atoms with E-state index in [9.17, 15) is 9.59 Å². The molecule has 0 aliphatic carbocycles. The first-order valence-corrected chi connectivity index (χ1v) is 8.51. The van der Waals surface area contributed by atoms with E-state index in [1.54, 1.807) is 36.0 Å². The van der Waals surface area contributed by atoms with Crippen LogP contribution in [-0.2, 0) is 9.53 Å². The van der Waals surface area contributed by atoms with Crippen LogP contribution < -0.4 is 10.1 Å². The third-order valence-corrected chi connectivity index (χ3v) is 4.03. The molecule has 0 fully saturated rings. The molecule has 2 aromatic carbocycles. The van der Waals surface area contributed by atoms with Crippen LogP contribution in [0, 0.1) is 6.92 Å². The molecular formula is C18H19NO4S. The summed E-state index contributed by atoms with van der Waals surface area (Å²) in [6.07, 6.45) is 1.96. The zero-order valence-electron chi connectivity index (χ0n) is 13.8. The molecule has 2 aromatic rings. The fourth-order valence-corrected chi connectivity index (χ4v) is 2.46. The summed E-state index contributed by atoms with van der Waals surface area (Å²) in [6.45, 7) is 1.55. The summed E-state index contributed by atoms with van der Waals surface area (Å²) in [5.74, 6) is -0.407. The lowest BCUT2D eigenvalue weighted by atomic mass is 10.2. The standard InChI is InChI=1S/C18H19NO4S/c1-12-4-9-16(22-2)15(10-12)19-17(20)11-23-18(21)13-5-7-14(24-3)8-6-13/h4-10H,11H2,1-3H3,(H,19,20). The van der Waals surface area contributed by atoms with Gasteiger partial charge in [-0.1, -0.05) is 6.07 Å². The summed E-state index contributed by atoms with van der Waals surface area (Å²) in [6, 6.07) is 12.5. The highest BCUT2D eigenvalue weighted by Crippen LogP contribution is 2.25. The lowest BCUT2D eigenvalue weighted by Crippen LogP contribution is -2.21. The molecule has 5 nitrogen and oxygen atoms in total. The van der Waals surface area contributed by atoms with Crippen molar-refractivity contribution >= 4 is 29.3 Å². The van der Waals surface area contributed by atoms with E-state index in [0.717, 1.165) is 10.5 Å². The normalized spacial score (nSPS) is 10.1. The summed E-state index contributed by atoms with van der Waals surface area (Å²) in [5, 5.41) is 2.68. The Bertz CT molecular complexity index is 728.